The standard InChI is InChI=1S/C23H23N3S/c1-27-20-11-8-18(9-12-20)17-25-14-4-5-15-26(25)23-13-10-19(16-24)21-6-2-3-7-22(21)23/h2-3,6-13H,4-5,14-15,17H2,1H3. The Morgan fingerprint density at radius 2 is 1.67 bits per heavy atom. The van der Waals surface area contributed by atoms with Gasteiger partial charge in [0.15, 0.2) is 0 Å². The van der Waals surface area contributed by atoms with Gasteiger partial charge in [0.1, 0.15) is 0 Å². The van der Waals surface area contributed by atoms with E-state index < -0.39 is 0 Å². The number of benzene rings is 3. The highest BCUT2D eigenvalue weighted by atomic mass is 32.2. The average Bonchev–Trinajstić information content (AvgIpc) is 2.74. The molecular weight excluding hydrogens is 350 g/mol. The number of anilines is 1. The van der Waals surface area contributed by atoms with Crippen LogP contribution in [-0.2, 0) is 6.54 Å². The van der Waals surface area contributed by atoms with Gasteiger partial charge in [-0.1, -0.05) is 36.4 Å². The van der Waals surface area contributed by atoms with Gasteiger partial charge in [0.05, 0.1) is 17.3 Å². The molecule has 0 N–H and O–H groups in total. The summed E-state index contributed by atoms with van der Waals surface area (Å²) in [5.41, 5.74) is 3.27. The Balaban J connectivity index is 1.68. The van der Waals surface area contributed by atoms with Gasteiger partial charge in [0, 0.05) is 35.3 Å². The van der Waals surface area contributed by atoms with Gasteiger partial charge in [-0.05, 0) is 48.9 Å². The van der Waals surface area contributed by atoms with Gasteiger partial charge in [0.2, 0.25) is 0 Å². The van der Waals surface area contributed by atoms with Gasteiger partial charge >= 0.3 is 0 Å². The number of fused-ring (bicyclic) bond motifs is 1. The number of hydrogen-bond donors (Lipinski definition) is 0. The fraction of sp³-hybridized carbons (Fsp3) is 0.261. The Hall–Kier alpha value is -2.48. The average molecular weight is 374 g/mol. The van der Waals surface area contributed by atoms with Crippen LogP contribution in [0.2, 0.25) is 0 Å². The summed E-state index contributed by atoms with van der Waals surface area (Å²) in [6.45, 7) is 2.97. The zero-order chi connectivity index (χ0) is 18.6. The van der Waals surface area contributed by atoms with E-state index in [1.54, 1.807) is 11.8 Å². The molecular formula is C23H23N3S. The summed E-state index contributed by atoms with van der Waals surface area (Å²) in [7, 11) is 0. The van der Waals surface area contributed by atoms with E-state index in [2.05, 4.69) is 64.8 Å². The molecule has 1 fully saturated rings. The summed E-state index contributed by atoms with van der Waals surface area (Å²) >= 11 is 1.78. The first kappa shape index (κ1) is 17.9. The van der Waals surface area contributed by atoms with Crippen molar-refractivity contribution in [1.29, 1.82) is 5.26 Å². The molecule has 3 aromatic carbocycles. The summed E-state index contributed by atoms with van der Waals surface area (Å²) < 4.78 is 0. The minimum atomic E-state index is 0.741. The molecule has 1 aliphatic rings. The summed E-state index contributed by atoms with van der Waals surface area (Å²) in [4.78, 5) is 1.30. The van der Waals surface area contributed by atoms with Crippen LogP contribution in [0.1, 0.15) is 24.0 Å². The SMILES string of the molecule is CSc1ccc(CN2CCCCN2c2ccc(C#N)c3ccccc23)cc1. The second-order valence-corrected chi connectivity index (χ2v) is 7.74. The fourth-order valence-electron chi connectivity index (χ4n) is 3.80. The minimum absolute atomic E-state index is 0.741. The molecule has 4 rings (SSSR count). The third-order valence-electron chi connectivity index (χ3n) is 5.20. The predicted octanol–water partition coefficient (Wildman–Crippen LogP) is 5.45. The quantitative estimate of drug-likeness (QED) is 0.569. The molecule has 3 aromatic rings. The summed E-state index contributed by atoms with van der Waals surface area (Å²) in [6, 6.07) is 23.5. The molecule has 0 atom stereocenters. The van der Waals surface area contributed by atoms with Gasteiger partial charge in [-0.25, -0.2) is 5.01 Å². The van der Waals surface area contributed by atoms with Crippen molar-refractivity contribution < 1.29 is 0 Å². The van der Waals surface area contributed by atoms with Crippen LogP contribution >= 0.6 is 11.8 Å². The Bertz CT molecular complexity index is 975. The molecule has 1 saturated heterocycles. The minimum Gasteiger partial charge on any atom is -0.305 e. The third kappa shape index (κ3) is 3.66. The molecule has 0 aromatic heterocycles. The van der Waals surface area contributed by atoms with Gasteiger partial charge in [-0.3, -0.25) is 0 Å². The monoisotopic (exact) mass is 373 g/mol. The van der Waals surface area contributed by atoms with E-state index in [0.717, 1.165) is 36.0 Å². The van der Waals surface area contributed by atoms with Crippen molar-refractivity contribution in [2.45, 2.75) is 24.3 Å². The molecule has 1 aliphatic heterocycles. The van der Waals surface area contributed by atoms with Crippen LogP contribution in [0.15, 0.2) is 65.6 Å². The zero-order valence-corrected chi connectivity index (χ0v) is 16.4. The van der Waals surface area contributed by atoms with Crippen LogP contribution in [0.3, 0.4) is 0 Å². The first-order valence-corrected chi connectivity index (χ1v) is 10.6. The second-order valence-electron chi connectivity index (χ2n) is 6.86. The van der Waals surface area contributed by atoms with E-state index in [1.165, 1.54) is 29.0 Å². The number of nitriles is 1. The highest BCUT2D eigenvalue weighted by Gasteiger charge is 2.22. The van der Waals surface area contributed by atoms with E-state index >= 15 is 0 Å². The van der Waals surface area contributed by atoms with E-state index in [-0.39, 0.29) is 0 Å². The lowest BCUT2D eigenvalue weighted by Crippen LogP contribution is -2.47. The molecule has 0 bridgehead atoms. The topological polar surface area (TPSA) is 30.3 Å². The maximum absolute atomic E-state index is 9.45. The number of hydrazine groups is 1. The molecule has 0 unspecified atom stereocenters. The first-order valence-electron chi connectivity index (χ1n) is 9.37. The lowest BCUT2D eigenvalue weighted by molar-refractivity contribution is 0.205. The van der Waals surface area contributed by atoms with Gasteiger partial charge in [-0.2, -0.15) is 5.26 Å². The van der Waals surface area contributed by atoms with Crippen LogP contribution in [0, 0.1) is 11.3 Å². The lowest BCUT2D eigenvalue weighted by Gasteiger charge is -2.41. The summed E-state index contributed by atoms with van der Waals surface area (Å²) in [6.07, 6.45) is 4.52. The largest absolute Gasteiger partial charge is 0.305 e. The van der Waals surface area contributed by atoms with Gasteiger partial charge in [0.25, 0.3) is 0 Å². The Kier molecular flexibility index (Phi) is 5.33. The number of nitrogens with zero attached hydrogens (tertiary/aromatic N) is 3. The van der Waals surface area contributed by atoms with Crippen LogP contribution in [-0.4, -0.2) is 24.4 Å². The highest BCUT2D eigenvalue weighted by Crippen LogP contribution is 2.32. The van der Waals surface area contributed by atoms with Gasteiger partial charge in [-0.15, -0.1) is 11.8 Å². The molecule has 0 amide bonds. The molecule has 4 heteroatoms. The Morgan fingerprint density at radius 1 is 0.926 bits per heavy atom. The maximum Gasteiger partial charge on any atom is 0.0998 e. The Morgan fingerprint density at radius 3 is 2.41 bits per heavy atom. The first-order chi connectivity index (χ1) is 13.3. The van der Waals surface area contributed by atoms with E-state index in [0.29, 0.717) is 0 Å². The number of hydrogen-bond acceptors (Lipinski definition) is 4. The molecule has 3 nitrogen and oxygen atoms in total. The molecule has 1 heterocycles. The smallest absolute Gasteiger partial charge is 0.0998 e. The zero-order valence-electron chi connectivity index (χ0n) is 15.6. The molecule has 0 saturated carbocycles. The molecule has 0 spiro atoms. The van der Waals surface area contributed by atoms with E-state index in [1.807, 2.05) is 18.2 Å². The molecule has 136 valence electrons. The third-order valence-corrected chi connectivity index (χ3v) is 5.94. The number of thioether (sulfide) groups is 1. The highest BCUT2D eigenvalue weighted by molar-refractivity contribution is 7.98. The van der Waals surface area contributed by atoms with Crippen molar-refractivity contribution in [3.05, 3.63) is 71.8 Å². The maximum atomic E-state index is 9.45. The normalized spacial score (nSPS) is 15.0. The Labute approximate surface area is 165 Å². The summed E-state index contributed by atoms with van der Waals surface area (Å²) in [5.74, 6) is 0. The van der Waals surface area contributed by atoms with Crippen molar-refractivity contribution in [1.82, 2.24) is 5.01 Å². The van der Waals surface area contributed by atoms with Crippen molar-refractivity contribution in [3.63, 3.8) is 0 Å². The summed E-state index contributed by atoms with van der Waals surface area (Å²) in [5, 5.41) is 16.5. The van der Waals surface area contributed by atoms with Crippen molar-refractivity contribution in [2.24, 2.45) is 0 Å². The molecule has 27 heavy (non-hydrogen) atoms. The lowest BCUT2D eigenvalue weighted by atomic mass is 10.0. The van der Waals surface area contributed by atoms with E-state index in [4.69, 9.17) is 0 Å². The molecule has 0 aliphatic carbocycles. The van der Waals surface area contributed by atoms with Crippen LogP contribution in [0.25, 0.3) is 10.8 Å². The number of rotatable bonds is 4. The second kappa shape index (κ2) is 8.04. The van der Waals surface area contributed by atoms with Crippen LogP contribution in [0.5, 0.6) is 0 Å². The molecule has 0 radical (unpaired) electrons. The van der Waals surface area contributed by atoms with E-state index in [9.17, 15) is 5.26 Å². The predicted molar refractivity (Wildman–Crippen MR) is 114 cm³/mol. The van der Waals surface area contributed by atoms with Crippen molar-refractivity contribution in [2.75, 3.05) is 24.4 Å². The fourth-order valence-corrected chi connectivity index (χ4v) is 4.21. The van der Waals surface area contributed by atoms with Crippen molar-refractivity contribution >= 4 is 28.2 Å². The van der Waals surface area contributed by atoms with Crippen molar-refractivity contribution in [3.8, 4) is 6.07 Å². The van der Waals surface area contributed by atoms with Crippen LogP contribution < -0.4 is 5.01 Å². The van der Waals surface area contributed by atoms with Crippen LogP contribution in [0.4, 0.5) is 5.69 Å². The van der Waals surface area contributed by atoms with Gasteiger partial charge < -0.3 is 5.01 Å².